The summed E-state index contributed by atoms with van der Waals surface area (Å²) in [5.74, 6) is 1.55. The van der Waals surface area contributed by atoms with Gasteiger partial charge in [-0.2, -0.15) is 0 Å². The lowest BCUT2D eigenvalue weighted by atomic mass is 9.73. The average Bonchev–Trinajstić information content (AvgIpc) is 3.06. The van der Waals surface area contributed by atoms with Crippen LogP contribution in [0.25, 0.3) is 0 Å². The number of amides is 1. The maximum Gasteiger partial charge on any atom is 0.410 e. The summed E-state index contributed by atoms with van der Waals surface area (Å²) in [5.41, 5.74) is 2.01. The number of benzene rings is 2. The van der Waals surface area contributed by atoms with Crippen LogP contribution < -0.4 is 9.47 Å². The first-order chi connectivity index (χ1) is 15.2. The van der Waals surface area contributed by atoms with Crippen molar-refractivity contribution in [2.75, 3.05) is 26.2 Å². The van der Waals surface area contributed by atoms with Crippen LogP contribution in [0.5, 0.6) is 11.5 Å². The predicted octanol–water partition coefficient (Wildman–Crippen LogP) is 4.73. The number of fused-ring (bicyclic) bond motifs is 1. The number of rotatable bonds is 4. The van der Waals surface area contributed by atoms with Gasteiger partial charge in [0.1, 0.15) is 5.60 Å². The van der Waals surface area contributed by atoms with Crippen molar-refractivity contribution >= 4 is 17.7 Å². The van der Waals surface area contributed by atoms with Crippen LogP contribution in [-0.2, 0) is 17.7 Å². The Morgan fingerprint density at radius 3 is 2.34 bits per heavy atom. The van der Waals surface area contributed by atoms with Crippen LogP contribution in [0.4, 0.5) is 4.79 Å². The van der Waals surface area contributed by atoms with Gasteiger partial charge >= 0.3 is 6.09 Å². The molecule has 3 heterocycles. The number of carbonyl (C=O) groups is 1. The largest absolute Gasteiger partial charge is 0.451 e. The summed E-state index contributed by atoms with van der Waals surface area (Å²) in [6.45, 7) is 9.99. The second-order valence-electron chi connectivity index (χ2n) is 10.2. The van der Waals surface area contributed by atoms with Crippen molar-refractivity contribution in [2.24, 2.45) is 5.41 Å². The molecule has 0 N–H and O–H groups in total. The molecule has 32 heavy (non-hydrogen) atoms. The van der Waals surface area contributed by atoms with Gasteiger partial charge in [-0.3, -0.25) is 4.90 Å². The number of carbonyl (C=O) groups excluding carboxylic acids is 1. The summed E-state index contributed by atoms with van der Waals surface area (Å²) >= 11 is 6.58. The molecule has 0 atom stereocenters. The molecule has 5 rings (SSSR count). The summed E-state index contributed by atoms with van der Waals surface area (Å²) in [5, 5.41) is 0.737. The number of para-hydroxylation sites is 2. The zero-order chi connectivity index (χ0) is 22.5. The summed E-state index contributed by atoms with van der Waals surface area (Å²) < 4.78 is 17.4. The Morgan fingerprint density at radius 2 is 1.72 bits per heavy atom. The van der Waals surface area contributed by atoms with Crippen molar-refractivity contribution in [3.8, 4) is 11.5 Å². The molecule has 0 bridgehead atoms. The Labute approximate surface area is 194 Å². The van der Waals surface area contributed by atoms with Crippen LogP contribution in [0.15, 0.2) is 42.5 Å². The average molecular weight is 457 g/mol. The zero-order valence-electron chi connectivity index (χ0n) is 18.8. The maximum atomic E-state index is 12.2. The lowest BCUT2D eigenvalue weighted by Gasteiger charge is -2.60. The molecule has 2 aromatic rings. The topological polar surface area (TPSA) is 51.2 Å². The third kappa shape index (κ3) is 4.26. The zero-order valence-corrected chi connectivity index (χ0v) is 19.5. The van der Waals surface area contributed by atoms with Gasteiger partial charge in [0, 0.05) is 49.6 Å². The summed E-state index contributed by atoms with van der Waals surface area (Å²) in [6.07, 6.45) is 0.00815. The van der Waals surface area contributed by atoms with Gasteiger partial charge in [0.05, 0.1) is 0 Å². The number of likely N-dealkylation sites (tertiary alicyclic amines) is 2. The minimum Gasteiger partial charge on any atom is -0.451 e. The van der Waals surface area contributed by atoms with Gasteiger partial charge in [-0.05, 0) is 50.1 Å². The standard InChI is InChI=1S/C25H29ClN2O4/c1-24(2,3)32-23(29)28-15-25(16-28)13-27(14-25)12-17-7-6-8-19(26)18(17)11-22-30-20-9-4-5-10-21(20)31-22/h4-10,22H,11-16H2,1-3H3. The molecule has 170 valence electrons. The predicted molar refractivity (Wildman–Crippen MR) is 122 cm³/mol. The van der Waals surface area contributed by atoms with Crippen molar-refractivity contribution in [1.29, 1.82) is 0 Å². The summed E-state index contributed by atoms with van der Waals surface area (Å²) in [4.78, 5) is 16.4. The van der Waals surface area contributed by atoms with Crippen LogP contribution in [0.2, 0.25) is 5.02 Å². The maximum absolute atomic E-state index is 12.2. The van der Waals surface area contributed by atoms with E-state index < -0.39 is 5.60 Å². The van der Waals surface area contributed by atoms with Crippen LogP contribution in [0.3, 0.4) is 0 Å². The fraction of sp³-hybridized carbons (Fsp3) is 0.480. The lowest BCUT2D eigenvalue weighted by Crippen LogP contribution is -2.72. The second-order valence-corrected chi connectivity index (χ2v) is 10.6. The van der Waals surface area contributed by atoms with E-state index >= 15 is 0 Å². The Kier molecular flexibility index (Phi) is 5.25. The molecular weight excluding hydrogens is 428 g/mol. The molecule has 2 aromatic carbocycles. The highest BCUT2D eigenvalue weighted by Crippen LogP contribution is 2.41. The molecule has 0 unspecified atom stereocenters. The first kappa shape index (κ1) is 21.4. The number of nitrogens with zero attached hydrogens (tertiary/aromatic N) is 2. The smallest absolute Gasteiger partial charge is 0.410 e. The van der Waals surface area contributed by atoms with Gasteiger partial charge in [-0.25, -0.2) is 4.79 Å². The van der Waals surface area contributed by atoms with E-state index in [0.717, 1.165) is 54.8 Å². The molecule has 1 amide bonds. The van der Waals surface area contributed by atoms with E-state index in [9.17, 15) is 4.79 Å². The highest BCUT2D eigenvalue weighted by Gasteiger charge is 2.53. The van der Waals surface area contributed by atoms with Crippen LogP contribution in [-0.4, -0.2) is 54.0 Å². The molecule has 0 radical (unpaired) electrons. The molecule has 0 aliphatic carbocycles. The van der Waals surface area contributed by atoms with Gasteiger partial charge in [0.2, 0.25) is 6.29 Å². The minimum atomic E-state index is -0.456. The van der Waals surface area contributed by atoms with E-state index in [1.54, 1.807) is 4.90 Å². The van der Waals surface area contributed by atoms with E-state index in [4.69, 9.17) is 25.8 Å². The van der Waals surface area contributed by atoms with Gasteiger partial charge in [0.25, 0.3) is 0 Å². The molecule has 1 spiro atoms. The Bertz CT molecular complexity index is 996. The summed E-state index contributed by atoms with van der Waals surface area (Å²) in [6, 6.07) is 13.8. The molecular formula is C25H29ClN2O4. The van der Waals surface area contributed by atoms with E-state index in [1.165, 1.54) is 5.56 Å². The quantitative estimate of drug-likeness (QED) is 0.665. The lowest BCUT2D eigenvalue weighted by molar-refractivity contribution is -0.115. The van der Waals surface area contributed by atoms with Crippen LogP contribution in [0, 0.1) is 5.41 Å². The normalized spacial score (nSPS) is 19.6. The van der Waals surface area contributed by atoms with Crippen LogP contribution in [0.1, 0.15) is 31.9 Å². The SMILES string of the molecule is CC(C)(C)OC(=O)N1CC2(CN(Cc3cccc(Cl)c3CC3Oc4ccccc4O3)C2)C1. The fourth-order valence-electron chi connectivity index (χ4n) is 4.86. The van der Waals surface area contributed by atoms with E-state index in [2.05, 4.69) is 11.0 Å². The number of ether oxygens (including phenoxy) is 3. The van der Waals surface area contributed by atoms with Crippen molar-refractivity contribution in [3.63, 3.8) is 0 Å². The van der Waals surface area contributed by atoms with Gasteiger partial charge in [-0.15, -0.1) is 0 Å². The Hall–Kier alpha value is -2.44. The molecule has 3 aliphatic rings. The van der Waals surface area contributed by atoms with Crippen molar-refractivity contribution < 1.29 is 19.0 Å². The van der Waals surface area contributed by atoms with Gasteiger partial charge < -0.3 is 19.1 Å². The molecule has 0 aromatic heterocycles. The van der Waals surface area contributed by atoms with Crippen molar-refractivity contribution in [1.82, 2.24) is 9.80 Å². The molecule has 2 fully saturated rings. The Morgan fingerprint density at radius 1 is 1.06 bits per heavy atom. The van der Waals surface area contributed by atoms with Crippen LogP contribution >= 0.6 is 11.6 Å². The van der Waals surface area contributed by atoms with Crippen molar-refractivity contribution in [3.05, 3.63) is 58.6 Å². The number of hydrogen-bond acceptors (Lipinski definition) is 5. The highest BCUT2D eigenvalue weighted by atomic mass is 35.5. The molecule has 2 saturated heterocycles. The number of halogens is 1. The van der Waals surface area contributed by atoms with Crippen molar-refractivity contribution in [2.45, 2.75) is 45.6 Å². The molecule has 6 nitrogen and oxygen atoms in total. The minimum absolute atomic E-state index is 0.203. The highest BCUT2D eigenvalue weighted by molar-refractivity contribution is 6.31. The van der Waals surface area contributed by atoms with E-state index in [-0.39, 0.29) is 17.8 Å². The van der Waals surface area contributed by atoms with Gasteiger partial charge in [0.15, 0.2) is 11.5 Å². The molecule has 7 heteroatoms. The monoisotopic (exact) mass is 456 g/mol. The fourth-order valence-corrected chi connectivity index (χ4v) is 5.13. The first-order valence-corrected chi connectivity index (χ1v) is 11.5. The Balaban J connectivity index is 1.17. The van der Waals surface area contributed by atoms with E-state index in [0.29, 0.717) is 6.42 Å². The summed E-state index contributed by atoms with van der Waals surface area (Å²) in [7, 11) is 0. The second kappa shape index (κ2) is 7.85. The van der Waals surface area contributed by atoms with Gasteiger partial charge in [-0.1, -0.05) is 35.9 Å². The van der Waals surface area contributed by atoms with E-state index in [1.807, 2.05) is 57.2 Å². The third-order valence-corrected chi connectivity index (χ3v) is 6.52. The molecule has 3 aliphatic heterocycles. The first-order valence-electron chi connectivity index (χ1n) is 11.1. The number of hydrogen-bond donors (Lipinski definition) is 0. The third-order valence-electron chi connectivity index (χ3n) is 6.17. The molecule has 0 saturated carbocycles.